The zero-order valence-electron chi connectivity index (χ0n) is 12.7. The molecule has 0 atom stereocenters. The molecule has 0 saturated carbocycles. The van der Waals surface area contributed by atoms with Gasteiger partial charge < -0.3 is 0 Å². The molecule has 0 amide bonds. The van der Waals surface area contributed by atoms with Crippen LogP contribution in [0.15, 0.2) is 25.8 Å². The molecule has 2 nitrogen and oxygen atoms in total. The molecule has 1 aromatic carbocycles. The molecular weight excluding hydrogens is 440 g/mol. The first kappa shape index (κ1) is 17.1. The van der Waals surface area contributed by atoms with Crippen LogP contribution >= 0.6 is 43.2 Å². The number of ketones is 2. The van der Waals surface area contributed by atoms with Crippen LogP contribution in [0.25, 0.3) is 0 Å². The molecule has 0 unspecified atom stereocenters. The van der Waals surface area contributed by atoms with Gasteiger partial charge in [-0.05, 0) is 56.3 Å². The summed E-state index contributed by atoms with van der Waals surface area (Å²) in [6.45, 7) is 2.19. The third-order valence-electron chi connectivity index (χ3n) is 4.17. The maximum Gasteiger partial charge on any atom is 0.196 e. The molecule has 0 spiro atoms. The fourth-order valence-corrected chi connectivity index (χ4v) is 6.07. The zero-order chi connectivity index (χ0) is 16.6. The average Bonchev–Trinajstić information content (AvgIpc) is 2.84. The van der Waals surface area contributed by atoms with Crippen LogP contribution in [0.1, 0.15) is 70.0 Å². The number of hydrogen-bond acceptors (Lipinski definition) is 3. The highest BCUT2D eigenvalue weighted by molar-refractivity contribution is 9.12. The van der Waals surface area contributed by atoms with Gasteiger partial charge in [0.1, 0.15) is 0 Å². The van der Waals surface area contributed by atoms with Crippen LogP contribution < -0.4 is 0 Å². The van der Waals surface area contributed by atoms with E-state index in [2.05, 4.69) is 38.8 Å². The largest absolute Gasteiger partial charge is 0.288 e. The van der Waals surface area contributed by atoms with Gasteiger partial charge in [-0.25, -0.2) is 0 Å². The van der Waals surface area contributed by atoms with E-state index < -0.39 is 0 Å². The minimum absolute atomic E-state index is 0.0566. The van der Waals surface area contributed by atoms with Crippen molar-refractivity contribution in [3.05, 3.63) is 53.6 Å². The highest BCUT2D eigenvalue weighted by Crippen LogP contribution is 2.42. The standard InChI is InChI=1S/C18H16Br2O2S/c1-2-3-4-5-6-10-7-8-11-12(9-10)16(22)14-13(15(11)21)17(19)23-18(14)20/h7-9H,2-6H2,1H3. The van der Waals surface area contributed by atoms with E-state index in [1.165, 1.54) is 30.6 Å². The first-order valence-corrected chi connectivity index (χ1v) is 10.1. The van der Waals surface area contributed by atoms with Crippen molar-refractivity contribution in [2.75, 3.05) is 0 Å². The maximum absolute atomic E-state index is 12.8. The molecule has 0 bridgehead atoms. The van der Waals surface area contributed by atoms with E-state index in [9.17, 15) is 9.59 Å². The highest BCUT2D eigenvalue weighted by atomic mass is 79.9. The van der Waals surface area contributed by atoms with Crippen LogP contribution in [0.3, 0.4) is 0 Å². The Balaban J connectivity index is 1.94. The van der Waals surface area contributed by atoms with Crippen LogP contribution in [0.2, 0.25) is 0 Å². The number of halogens is 2. The summed E-state index contributed by atoms with van der Waals surface area (Å²) in [4.78, 5) is 25.5. The van der Waals surface area contributed by atoms with Gasteiger partial charge in [-0.1, -0.05) is 38.3 Å². The van der Waals surface area contributed by atoms with Gasteiger partial charge in [0.2, 0.25) is 0 Å². The zero-order valence-corrected chi connectivity index (χ0v) is 16.7. The molecule has 1 aliphatic carbocycles. The van der Waals surface area contributed by atoms with E-state index in [0.717, 1.165) is 22.2 Å². The monoisotopic (exact) mass is 454 g/mol. The summed E-state index contributed by atoms with van der Waals surface area (Å²) < 4.78 is 1.43. The third-order valence-corrected chi connectivity index (χ3v) is 6.70. The van der Waals surface area contributed by atoms with Crippen molar-refractivity contribution < 1.29 is 9.59 Å². The Morgan fingerprint density at radius 1 is 0.913 bits per heavy atom. The van der Waals surface area contributed by atoms with Gasteiger partial charge in [0.15, 0.2) is 11.6 Å². The fraction of sp³-hybridized carbons (Fsp3) is 0.333. The van der Waals surface area contributed by atoms with Gasteiger partial charge in [-0.15, -0.1) is 11.3 Å². The average molecular weight is 456 g/mol. The summed E-state index contributed by atoms with van der Waals surface area (Å²) in [5, 5.41) is 0. The maximum atomic E-state index is 12.8. The van der Waals surface area contributed by atoms with E-state index in [-0.39, 0.29) is 11.6 Å². The van der Waals surface area contributed by atoms with Crippen molar-refractivity contribution in [1.29, 1.82) is 0 Å². The smallest absolute Gasteiger partial charge is 0.196 e. The lowest BCUT2D eigenvalue weighted by Crippen LogP contribution is -2.20. The Hall–Kier alpha value is -0.780. The summed E-state index contributed by atoms with van der Waals surface area (Å²) in [6, 6.07) is 5.70. The summed E-state index contributed by atoms with van der Waals surface area (Å²) in [5.41, 5.74) is 3.19. The normalized spacial score (nSPS) is 13.2. The van der Waals surface area contributed by atoms with Gasteiger partial charge >= 0.3 is 0 Å². The number of carbonyl (C=O) groups is 2. The molecule has 2 aromatic rings. The van der Waals surface area contributed by atoms with Crippen LogP contribution in [0, 0.1) is 0 Å². The van der Waals surface area contributed by atoms with E-state index >= 15 is 0 Å². The highest BCUT2D eigenvalue weighted by Gasteiger charge is 2.35. The van der Waals surface area contributed by atoms with E-state index in [0.29, 0.717) is 26.0 Å². The van der Waals surface area contributed by atoms with Gasteiger partial charge in [-0.3, -0.25) is 9.59 Å². The van der Waals surface area contributed by atoms with E-state index in [4.69, 9.17) is 0 Å². The Morgan fingerprint density at radius 2 is 1.57 bits per heavy atom. The molecule has 1 aromatic heterocycles. The van der Waals surface area contributed by atoms with Crippen molar-refractivity contribution in [1.82, 2.24) is 0 Å². The minimum atomic E-state index is -0.0686. The molecule has 3 rings (SSSR count). The SMILES string of the molecule is CCCCCCc1ccc2c(c1)C(=O)c1c(Br)sc(Br)c1C2=O. The summed E-state index contributed by atoms with van der Waals surface area (Å²) >= 11 is 8.20. The van der Waals surface area contributed by atoms with Crippen molar-refractivity contribution >= 4 is 54.8 Å². The second kappa shape index (κ2) is 6.99. The molecule has 23 heavy (non-hydrogen) atoms. The number of thiophene rings is 1. The van der Waals surface area contributed by atoms with Gasteiger partial charge in [-0.2, -0.15) is 0 Å². The van der Waals surface area contributed by atoms with E-state index in [1.54, 1.807) is 0 Å². The lowest BCUT2D eigenvalue weighted by Gasteiger charge is -2.16. The summed E-state index contributed by atoms with van der Waals surface area (Å²) in [6.07, 6.45) is 5.72. The van der Waals surface area contributed by atoms with Crippen molar-refractivity contribution in [3.63, 3.8) is 0 Å². The quantitative estimate of drug-likeness (QED) is 0.431. The van der Waals surface area contributed by atoms with Crippen LogP contribution in [0.4, 0.5) is 0 Å². The van der Waals surface area contributed by atoms with E-state index in [1.807, 2.05) is 18.2 Å². The number of benzene rings is 1. The number of hydrogen-bond donors (Lipinski definition) is 0. The molecule has 0 aliphatic heterocycles. The molecule has 0 saturated heterocycles. The van der Waals surface area contributed by atoms with Crippen LogP contribution in [-0.2, 0) is 6.42 Å². The minimum Gasteiger partial charge on any atom is -0.288 e. The lowest BCUT2D eigenvalue weighted by molar-refractivity contribution is 0.0979. The first-order chi connectivity index (χ1) is 11.0. The third kappa shape index (κ3) is 3.11. The van der Waals surface area contributed by atoms with Crippen molar-refractivity contribution in [2.45, 2.75) is 39.0 Å². The second-order valence-electron chi connectivity index (χ2n) is 5.75. The number of fused-ring (bicyclic) bond motifs is 2. The van der Waals surface area contributed by atoms with Crippen LogP contribution in [-0.4, -0.2) is 11.6 Å². The van der Waals surface area contributed by atoms with Crippen molar-refractivity contribution in [2.24, 2.45) is 0 Å². The molecule has 1 aliphatic rings. The summed E-state index contributed by atoms with van der Waals surface area (Å²) in [5.74, 6) is -0.125. The molecular formula is C18H16Br2O2S. The Kier molecular flexibility index (Phi) is 5.19. The lowest BCUT2D eigenvalue weighted by atomic mass is 9.85. The second-order valence-corrected chi connectivity index (χ2v) is 9.40. The molecule has 0 fully saturated rings. The molecule has 120 valence electrons. The number of unbranched alkanes of at least 4 members (excludes halogenated alkanes) is 3. The Labute approximate surface area is 156 Å². The number of carbonyl (C=O) groups excluding carboxylic acids is 2. The Morgan fingerprint density at radius 3 is 2.22 bits per heavy atom. The Bertz CT molecular complexity index is 793. The number of aryl methyl sites for hydroxylation is 1. The molecule has 5 heteroatoms. The summed E-state index contributed by atoms with van der Waals surface area (Å²) in [7, 11) is 0. The molecule has 0 radical (unpaired) electrons. The molecule has 1 heterocycles. The predicted octanol–water partition coefficient (Wildman–Crippen LogP) is 6.17. The van der Waals surface area contributed by atoms with Crippen LogP contribution in [0.5, 0.6) is 0 Å². The predicted molar refractivity (Wildman–Crippen MR) is 101 cm³/mol. The van der Waals surface area contributed by atoms with Gasteiger partial charge in [0, 0.05) is 11.1 Å². The first-order valence-electron chi connectivity index (χ1n) is 7.74. The van der Waals surface area contributed by atoms with Gasteiger partial charge in [0.05, 0.1) is 18.7 Å². The fourth-order valence-electron chi connectivity index (χ4n) is 2.94. The molecule has 0 N–H and O–H groups in total. The topological polar surface area (TPSA) is 34.1 Å². The van der Waals surface area contributed by atoms with Gasteiger partial charge in [0.25, 0.3) is 0 Å². The van der Waals surface area contributed by atoms with Crippen molar-refractivity contribution in [3.8, 4) is 0 Å². The number of rotatable bonds is 5.